The molecule has 0 aromatic carbocycles. The van der Waals surface area contributed by atoms with E-state index in [-0.39, 0.29) is 12.3 Å². The molecule has 2 rings (SSSR count). The van der Waals surface area contributed by atoms with Gasteiger partial charge in [-0.3, -0.25) is 9.59 Å². The Morgan fingerprint density at radius 2 is 1.78 bits per heavy atom. The number of hydrogen-bond acceptors (Lipinski definition) is 2. The van der Waals surface area contributed by atoms with E-state index in [1.807, 2.05) is 0 Å². The summed E-state index contributed by atoms with van der Waals surface area (Å²) in [6.45, 7) is 0. The van der Waals surface area contributed by atoms with E-state index in [0.29, 0.717) is 6.42 Å². The molecular weight excluding hydrogens is 277 g/mol. The van der Waals surface area contributed by atoms with Crippen LogP contribution < -0.4 is 5.32 Å². The molecule has 0 aromatic heterocycles. The minimum Gasteiger partial charge on any atom is -0.481 e. The first-order valence-electron chi connectivity index (χ1n) is 6.26. The van der Waals surface area contributed by atoms with Gasteiger partial charge in [0.25, 0.3) is 0 Å². The number of aliphatic carboxylic acids is 1. The molecule has 1 unspecified atom stereocenters. The third-order valence-corrected chi connectivity index (χ3v) is 4.67. The first-order valence-corrected chi connectivity index (χ1v) is 7.02. The second-order valence-electron chi connectivity index (χ2n) is 5.42. The van der Waals surface area contributed by atoms with Gasteiger partial charge in [0.05, 0.1) is 17.9 Å². The van der Waals surface area contributed by atoms with E-state index < -0.39 is 21.8 Å². The number of halogens is 2. The van der Waals surface area contributed by atoms with E-state index >= 15 is 0 Å². The molecule has 18 heavy (non-hydrogen) atoms. The highest BCUT2D eigenvalue weighted by Gasteiger charge is 2.57. The minimum atomic E-state index is -0.955. The van der Waals surface area contributed by atoms with E-state index in [2.05, 4.69) is 5.32 Å². The van der Waals surface area contributed by atoms with E-state index in [1.54, 1.807) is 0 Å². The summed E-state index contributed by atoms with van der Waals surface area (Å²) in [5, 5.41) is 11.9. The van der Waals surface area contributed by atoms with Crippen molar-refractivity contribution in [1.82, 2.24) is 5.32 Å². The Labute approximate surface area is 116 Å². The first kappa shape index (κ1) is 13.9. The highest BCUT2D eigenvalue weighted by Crippen LogP contribution is 2.53. The van der Waals surface area contributed by atoms with Gasteiger partial charge < -0.3 is 10.4 Å². The van der Waals surface area contributed by atoms with Gasteiger partial charge >= 0.3 is 5.97 Å². The lowest BCUT2D eigenvalue weighted by Crippen LogP contribution is -2.52. The molecule has 2 aliphatic carbocycles. The van der Waals surface area contributed by atoms with Gasteiger partial charge in [0, 0.05) is 0 Å². The fraction of sp³-hybridized carbons (Fsp3) is 0.833. The Bertz CT molecular complexity index is 364. The van der Waals surface area contributed by atoms with Gasteiger partial charge in [0.2, 0.25) is 5.91 Å². The van der Waals surface area contributed by atoms with Crippen LogP contribution in [-0.2, 0) is 9.59 Å². The van der Waals surface area contributed by atoms with Crippen LogP contribution in [0.5, 0.6) is 0 Å². The summed E-state index contributed by atoms with van der Waals surface area (Å²) in [7, 11) is 0. The van der Waals surface area contributed by atoms with Crippen molar-refractivity contribution in [2.75, 3.05) is 0 Å². The molecule has 2 saturated carbocycles. The molecule has 4 nitrogen and oxygen atoms in total. The predicted octanol–water partition coefficient (Wildman–Crippen LogP) is 2.47. The van der Waals surface area contributed by atoms with Crippen LogP contribution in [0, 0.1) is 5.92 Å². The number of carbonyl (C=O) groups excluding carboxylic acids is 1. The van der Waals surface area contributed by atoms with Crippen molar-refractivity contribution in [3.05, 3.63) is 0 Å². The van der Waals surface area contributed by atoms with Crippen molar-refractivity contribution in [1.29, 1.82) is 0 Å². The highest BCUT2D eigenvalue weighted by molar-refractivity contribution is 6.52. The average molecular weight is 294 g/mol. The summed E-state index contributed by atoms with van der Waals surface area (Å²) in [5.74, 6) is -1.48. The molecule has 102 valence electrons. The molecule has 0 spiro atoms. The summed E-state index contributed by atoms with van der Waals surface area (Å²) in [6.07, 6.45) is 4.85. The van der Waals surface area contributed by atoms with Crippen LogP contribution in [0.25, 0.3) is 0 Å². The van der Waals surface area contributed by atoms with Crippen molar-refractivity contribution in [3.8, 4) is 0 Å². The van der Waals surface area contributed by atoms with E-state index in [4.69, 9.17) is 28.3 Å². The van der Waals surface area contributed by atoms with Gasteiger partial charge in [-0.1, -0.05) is 19.3 Å². The summed E-state index contributed by atoms with van der Waals surface area (Å²) < 4.78 is -0.955. The molecule has 1 amide bonds. The van der Waals surface area contributed by atoms with Crippen LogP contribution in [-0.4, -0.2) is 26.9 Å². The summed E-state index contributed by atoms with van der Waals surface area (Å²) in [5.41, 5.74) is -0.604. The molecule has 0 radical (unpaired) electrons. The first-order chi connectivity index (χ1) is 8.35. The Morgan fingerprint density at radius 3 is 2.22 bits per heavy atom. The Morgan fingerprint density at radius 1 is 1.22 bits per heavy atom. The van der Waals surface area contributed by atoms with Crippen molar-refractivity contribution in [2.24, 2.45) is 5.92 Å². The zero-order valence-corrected chi connectivity index (χ0v) is 11.6. The summed E-state index contributed by atoms with van der Waals surface area (Å²) in [6, 6.07) is 0. The van der Waals surface area contributed by atoms with Crippen LogP contribution in [0.2, 0.25) is 0 Å². The SMILES string of the molecule is O=C(O)CC1(NC(=O)C2CC2(Cl)Cl)CCCCC1. The summed E-state index contributed by atoms with van der Waals surface area (Å²) >= 11 is 11.7. The Kier molecular flexibility index (Phi) is 3.79. The molecule has 2 N–H and O–H groups in total. The molecule has 0 aromatic rings. The average Bonchev–Trinajstić information content (AvgIpc) is 2.88. The van der Waals surface area contributed by atoms with Gasteiger partial charge in [-0.05, 0) is 19.3 Å². The number of rotatable bonds is 4. The third-order valence-electron chi connectivity index (χ3n) is 3.83. The minimum absolute atomic E-state index is 0.0248. The highest BCUT2D eigenvalue weighted by atomic mass is 35.5. The maximum absolute atomic E-state index is 12.0. The maximum Gasteiger partial charge on any atom is 0.305 e. The number of carbonyl (C=O) groups is 2. The lowest BCUT2D eigenvalue weighted by Gasteiger charge is -2.37. The Hall–Kier alpha value is -0.480. The zero-order valence-electron chi connectivity index (χ0n) is 10.0. The van der Waals surface area contributed by atoms with E-state index in [9.17, 15) is 9.59 Å². The lowest BCUT2D eigenvalue weighted by atomic mass is 9.79. The van der Waals surface area contributed by atoms with Crippen molar-refractivity contribution in [2.45, 2.75) is 54.8 Å². The quantitative estimate of drug-likeness (QED) is 0.783. The zero-order chi connectivity index (χ0) is 13.4. The normalized spacial score (nSPS) is 28.4. The predicted molar refractivity (Wildman–Crippen MR) is 68.8 cm³/mol. The third kappa shape index (κ3) is 3.09. The van der Waals surface area contributed by atoms with Gasteiger partial charge in [-0.25, -0.2) is 0 Å². The smallest absolute Gasteiger partial charge is 0.305 e. The molecule has 0 aliphatic heterocycles. The second-order valence-corrected chi connectivity index (χ2v) is 6.96. The largest absolute Gasteiger partial charge is 0.481 e. The Balaban J connectivity index is 2.01. The van der Waals surface area contributed by atoms with E-state index in [0.717, 1.165) is 32.1 Å². The molecule has 2 aliphatic rings. The van der Waals surface area contributed by atoms with Crippen LogP contribution in [0.4, 0.5) is 0 Å². The van der Waals surface area contributed by atoms with Gasteiger partial charge in [0.15, 0.2) is 0 Å². The fourth-order valence-electron chi connectivity index (χ4n) is 2.71. The lowest BCUT2D eigenvalue weighted by molar-refractivity contribution is -0.139. The number of carboxylic acids is 1. The molecular formula is C12H17Cl2NO3. The fourth-order valence-corrected chi connectivity index (χ4v) is 3.22. The molecule has 0 bridgehead atoms. The summed E-state index contributed by atoms with van der Waals surface area (Å²) in [4.78, 5) is 23.0. The number of alkyl halides is 2. The van der Waals surface area contributed by atoms with Gasteiger partial charge in [-0.15, -0.1) is 23.2 Å². The molecule has 1 atom stereocenters. The molecule has 6 heteroatoms. The van der Waals surface area contributed by atoms with Crippen LogP contribution >= 0.6 is 23.2 Å². The number of hydrogen-bond donors (Lipinski definition) is 2. The molecule has 2 fully saturated rings. The van der Waals surface area contributed by atoms with Gasteiger partial charge in [-0.2, -0.15) is 0 Å². The standard InChI is InChI=1S/C12H17Cl2NO3/c13-12(14)6-8(12)10(18)15-11(7-9(16)17)4-2-1-3-5-11/h8H,1-7H2,(H,15,18)(H,16,17). The van der Waals surface area contributed by atoms with Crippen molar-refractivity contribution in [3.63, 3.8) is 0 Å². The number of amides is 1. The number of nitrogens with one attached hydrogen (secondary N) is 1. The second kappa shape index (κ2) is 4.89. The van der Waals surface area contributed by atoms with Gasteiger partial charge in [0.1, 0.15) is 4.33 Å². The van der Waals surface area contributed by atoms with Crippen molar-refractivity contribution < 1.29 is 14.7 Å². The van der Waals surface area contributed by atoms with E-state index in [1.165, 1.54) is 0 Å². The number of carboxylic acid groups (broad SMARTS) is 1. The monoisotopic (exact) mass is 293 g/mol. The van der Waals surface area contributed by atoms with Crippen LogP contribution in [0.1, 0.15) is 44.9 Å². The topological polar surface area (TPSA) is 66.4 Å². The molecule has 0 heterocycles. The molecule has 0 saturated heterocycles. The van der Waals surface area contributed by atoms with Crippen molar-refractivity contribution >= 4 is 35.1 Å². The van der Waals surface area contributed by atoms with Crippen LogP contribution in [0.3, 0.4) is 0 Å². The maximum atomic E-state index is 12.0. The van der Waals surface area contributed by atoms with Crippen LogP contribution in [0.15, 0.2) is 0 Å².